The molecule has 28 heavy (non-hydrogen) atoms. The number of guanidine groups is 1. The van der Waals surface area contributed by atoms with Gasteiger partial charge in [-0.3, -0.25) is 4.99 Å². The Morgan fingerprint density at radius 2 is 1.61 bits per heavy atom. The average Bonchev–Trinajstić information content (AvgIpc) is 2.67. The van der Waals surface area contributed by atoms with Crippen molar-refractivity contribution in [3.05, 3.63) is 59.2 Å². The predicted molar refractivity (Wildman–Crippen MR) is 107 cm³/mol. The number of halogens is 2. The topological polar surface area (TPSA) is 54.9 Å². The summed E-state index contributed by atoms with van der Waals surface area (Å²) in [5, 5.41) is 6.35. The minimum atomic E-state index is -0.564. The molecule has 2 aromatic rings. The quantitative estimate of drug-likeness (QED) is 0.509. The highest BCUT2D eigenvalue weighted by Gasteiger charge is 2.05. The molecule has 0 unspecified atom stereocenters. The van der Waals surface area contributed by atoms with Crippen LogP contribution in [0.4, 0.5) is 8.78 Å². The largest absolute Gasteiger partial charge is 0.493 e. The summed E-state index contributed by atoms with van der Waals surface area (Å²) in [6.45, 7) is 3.80. The van der Waals surface area contributed by atoms with E-state index in [-0.39, 0.29) is 0 Å². The van der Waals surface area contributed by atoms with E-state index in [0.717, 1.165) is 24.6 Å². The van der Waals surface area contributed by atoms with Crippen LogP contribution in [0.5, 0.6) is 11.5 Å². The van der Waals surface area contributed by atoms with Crippen LogP contribution in [-0.2, 0) is 12.8 Å². The van der Waals surface area contributed by atoms with Crippen LogP contribution >= 0.6 is 0 Å². The number of nitrogens with one attached hydrogen (secondary N) is 2. The molecule has 0 atom stereocenters. The lowest BCUT2D eigenvalue weighted by molar-refractivity contribution is 0.354. The van der Waals surface area contributed by atoms with E-state index in [4.69, 9.17) is 9.47 Å². The van der Waals surface area contributed by atoms with Crippen LogP contribution in [0.2, 0.25) is 0 Å². The minimum absolute atomic E-state index is 0.495. The van der Waals surface area contributed by atoms with Gasteiger partial charge >= 0.3 is 0 Å². The Kier molecular flexibility index (Phi) is 8.52. The zero-order valence-electron chi connectivity index (χ0n) is 16.5. The fourth-order valence-corrected chi connectivity index (χ4v) is 2.76. The van der Waals surface area contributed by atoms with Crippen LogP contribution in [0.25, 0.3) is 0 Å². The maximum atomic E-state index is 13.3. The van der Waals surface area contributed by atoms with Crippen LogP contribution in [0.3, 0.4) is 0 Å². The van der Waals surface area contributed by atoms with Crippen LogP contribution in [-0.4, -0.2) is 39.8 Å². The maximum Gasteiger partial charge on any atom is 0.191 e. The molecular formula is C21H27F2N3O2. The normalized spacial score (nSPS) is 11.2. The van der Waals surface area contributed by atoms with Gasteiger partial charge in [0.15, 0.2) is 17.5 Å². The van der Waals surface area contributed by atoms with E-state index in [1.54, 1.807) is 14.2 Å². The first kappa shape index (κ1) is 21.5. The molecule has 0 amide bonds. The second-order valence-electron chi connectivity index (χ2n) is 6.15. The molecule has 0 saturated heterocycles. The third-order valence-corrected chi connectivity index (χ3v) is 4.09. The van der Waals surface area contributed by atoms with Gasteiger partial charge in [-0.05, 0) is 55.2 Å². The van der Waals surface area contributed by atoms with Crippen LogP contribution in [0.15, 0.2) is 41.4 Å². The number of nitrogens with zero attached hydrogens (tertiary/aromatic N) is 1. The summed E-state index contributed by atoms with van der Waals surface area (Å²) >= 11 is 0. The number of ether oxygens (including phenoxy) is 2. The fraction of sp³-hybridized carbons (Fsp3) is 0.381. The van der Waals surface area contributed by atoms with Crippen molar-refractivity contribution in [1.82, 2.24) is 10.6 Å². The van der Waals surface area contributed by atoms with Crippen molar-refractivity contribution in [2.24, 2.45) is 4.99 Å². The van der Waals surface area contributed by atoms with Crippen molar-refractivity contribution < 1.29 is 18.3 Å². The van der Waals surface area contributed by atoms with Gasteiger partial charge in [-0.25, -0.2) is 8.78 Å². The summed E-state index contributed by atoms with van der Waals surface area (Å²) in [6, 6.07) is 9.34. The molecule has 0 spiro atoms. The summed E-state index contributed by atoms with van der Waals surface area (Å²) < 4.78 is 37.1. The lowest BCUT2D eigenvalue weighted by atomic mass is 10.1. The molecule has 2 N–H and O–H groups in total. The first-order chi connectivity index (χ1) is 13.5. The van der Waals surface area contributed by atoms with Gasteiger partial charge in [0.05, 0.1) is 14.2 Å². The van der Waals surface area contributed by atoms with Gasteiger partial charge in [-0.15, -0.1) is 0 Å². The Balaban J connectivity index is 1.89. The van der Waals surface area contributed by atoms with Crippen molar-refractivity contribution in [1.29, 1.82) is 0 Å². The molecule has 2 aromatic carbocycles. The molecule has 0 saturated carbocycles. The highest BCUT2D eigenvalue weighted by molar-refractivity contribution is 5.79. The first-order valence-electron chi connectivity index (χ1n) is 9.23. The molecule has 0 aliphatic carbocycles. The predicted octanol–water partition coefficient (Wildman–Crippen LogP) is 3.32. The standard InChI is InChI=1S/C21H27F2N3O2/c1-4-24-21(26-10-8-16-11-17(22)14-18(23)12-16)25-9-7-15-5-6-19(27-2)20(13-15)28-3/h5-6,11-14H,4,7-10H2,1-3H3,(H2,24,25,26). The number of aliphatic imine (C=N–C) groups is 1. The Hall–Kier alpha value is -2.83. The molecule has 0 aliphatic rings. The molecule has 0 bridgehead atoms. The summed E-state index contributed by atoms with van der Waals surface area (Å²) in [4.78, 5) is 4.55. The van der Waals surface area contributed by atoms with Gasteiger partial charge < -0.3 is 20.1 Å². The van der Waals surface area contributed by atoms with Gasteiger partial charge in [0.1, 0.15) is 11.6 Å². The number of benzene rings is 2. The van der Waals surface area contributed by atoms with Crippen molar-refractivity contribution >= 4 is 5.96 Å². The Morgan fingerprint density at radius 1 is 0.893 bits per heavy atom. The maximum absolute atomic E-state index is 13.3. The lowest BCUT2D eigenvalue weighted by Gasteiger charge is -2.12. The highest BCUT2D eigenvalue weighted by Crippen LogP contribution is 2.27. The Morgan fingerprint density at radius 3 is 2.25 bits per heavy atom. The number of methoxy groups -OCH3 is 2. The van der Waals surface area contributed by atoms with Crippen LogP contribution < -0.4 is 20.1 Å². The third-order valence-electron chi connectivity index (χ3n) is 4.09. The monoisotopic (exact) mass is 391 g/mol. The minimum Gasteiger partial charge on any atom is -0.493 e. The van der Waals surface area contributed by atoms with Crippen molar-refractivity contribution in [2.75, 3.05) is 33.9 Å². The molecule has 0 aromatic heterocycles. The zero-order valence-corrected chi connectivity index (χ0v) is 16.5. The zero-order chi connectivity index (χ0) is 20.4. The summed E-state index contributed by atoms with van der Waals surface area (Å²) in [5.41, 5.74) is 1.69. The number of hydrogen-bond donors (Lipinski definition) is 2. The number of hydrogen-bond acceptors (Lipinski definition) is 3. The average molecular weight is 391 g/mol. The van der Waals surface area contributed by atoms with Gasteiger partial charge in [0, 0.05) is 25.7 Å². The van der Waals surface area contributed by atoms with Crippen LogP contribution in [0, 0.1) is 11.6 Å². The summed E-state index contributed by atoms with van der Waals surface area (Å²) in [6.07, 6.45) is 1.24. The molecule has 0 heterocycles. The van der Waals surface area contributed by atoms with E-state index < -0.39 is 11.6 Å². The highest BCUT2D eigenvalue weighted by atomic mass is 19.1. The summed E-state index contributed by atoms with van der Waals surface area (Å²) in [7, 11) is 3.21. The Bertz CT molecular complexity index is 777. The van der Waals surface area contributed by atoms with E-state index in [2.05, 4.69) is 15.6 Å². The Labute approximate surface area is 164 Å². The number of rotatable bonds is 9. The van der Waals surface area contributed by atoms with E-state index >= 15 is 0 Å². The SMILES string of the molecule is CCNC(=NCCc1ccc(OC)c(OC)c1)NCCc1cc(F)cc(F)c1. The van der Waals surface area contributed by atoms with Crippen molar-refractivity contribution in [3.63, 3.8) is 0 Å². The van der Waals surface area contributed by atoms with Crippen LogP contribution in [0.1, 0.15) is 18.1 Å². The molecule has 2 rings (SSSR count). The lowest BCUT2D eigenvalue weighted by Crippen LogP contribution is -2.38. The third kappa shape index (κ3) is 6.72. The molecular weight excluding hydrogens is 364 g/mol. The molecule has 0 radical (unpaired) electrons. The van der Waals surface area contributed by atoms with E-state index in [1.807, 2.05) is 25.1 Å². The molecule has 7 heteroatoms. The molecule has 152 valence electrons. The smallest absolute Gasteiger partial charge is 0.191 e. The summed E-state index contributed by atoms with van der Waals surface area (Å²) in [5.74, 6) is 0.922. The van der Waals surface area contributed by atoms with Gasteiger partial charge in [-0.1, -0.05) is 6.07 Å². The molecule has 0 fully saturated rings. The van der Waals surface area contributed by atoms with E-state index in [1.165, 1.54) is 12.1 Å². The van der Waals surface area contributed by atoms with Gasteiger partial charge in [0.25, 0.3) is 0 Å². The van der Waals surface area contributed by atoms with Gasteiger partial charge in [-0.2, -0.15) is 0 Å². The second-order valence-corrected chi connectivity index (χ2v) is 6.15. The molecule has 0 aliphatic heterocycles. The van der Waals surface area contributed by atoms with E-state index in [0.29, 0.717) is 42.5 Å². The fourth-order valence-electron chi connectivity index (χ4n) is 2.76. The van der Waals surface area contributed by atoms with E-state index in [9.17, 15) is 8.78 Å². The van der Waals surface area contributed by atoms with Crippen molar-refractivity contribution in [3.8, 4) is 11.5 Å². The van der Waals surface area contributed by atoms with Gasteiger partial charge in [0.2, 0.25) is 0 Å². The molecule has 5 nitrogen and oxygen atoms in total. The second kappa shape index (κ2) is 11.1. The van der Waals surface area contributed by atoms with Crippen molar-refractivity contribution in [2.45, 2.75) is 19.8 Å². The first-order valence-corrected chi connectivity index (χ1v) is 9.23.